The predicted molar refractivity (Wildman–Crippen MR) is 202 cm³/mol. The van der Waals surface area contributed by atoms with Gasteiger partial charge in [0, 0.05) is 35.5 Å². The number of benzene rings is 3. The number of carbonyl (C=O) groups excluding carboxylic acids is 2. The van der Waals surface area contributed by atoms with Gasteiger partial charge in [-0.25, -0.2) is 0 Å². The van der Waals surface area contributed by atoms with Crippen LogP contribution in [0.1, 0.15) is 77.6 Å². The summed E-state index contributed by atoms with van der Waals surface area (Å²) in [7, 11) is -3.21. The van der Waals surface area contributed by atoms with Crippen LogP contribution in [-0.2, 0) is 37.2 Å². The molecular formula is C38H54CoN2O6Si2. The topological polar surface area (TPSA) is 145 Å². The van der Waals surface area contributed by atoms with Gasteiger partial charge in [0.1, 0.15) is 11.5 Å². The van der Waals surface area contributed by atoms with Crippen molar-refractivity contribution in [3.05, 3.63) is 70.8 Å². The summed E-state index contributed by atoms with van der Waals surface area (Å²) in [6, 6.07) is 16.2. The summed E-state index contributed by atoms with van der Waals surface area (Å²) in [4.78, 5) is 27.2. The Kier molecular flexibility index (Phi) is 16.6. The number of phenolic OH excluding ortho intramolecular Hbond substituents is 2. The number of carboxylic acids is 2. The molecule has 269 valence electrons. The molecule has 1 radical (unpaired) electrons. The molecule has 11 heteroatoms. The molecule has 3 aromatic carbocycles. The molecular weight excluding hydrogens is 696 g/mol. The normalized spacial score (nSPS) is 12.0. The number of hydrogen-bond acceptors (Lipinski definition) is 8. The SMILES string of the molecule is CC(=O)[O-].CC(=O)[O-].CC(C)(C)c1cc([Si](C)(C)C)cc(C=Nc2cccc(N=Cc3cc([Si](C)(C)C)cc(C(C)(C)C)c3O)c2)c1O.[Co+2]. The van der Waals surface area contributed by atoms with Crippen LogP contribution in [0.5, 0.6) is 11.5 Å². The molecule has 0 aliphatic heterocycles. The number of nitrogens with zero attached hydrogens (tertiary/aromatic N) is 2. The maximum absolute atomic E-state index is 11.1. The van der Waals surface area contributed by atoms with Crippen molar-refractivity contribution < 1.29 is 46.8 Å². The number of aliphatic carboxylic acids is 2. The zero-order valence-corrected chi connectivity index (χ0v) is 34.6. The van der Waals surface area contributed by atoms with Crippen LogP contribution in [0.3, 0.4) is 0 Å². The first-order chi connectivity index (χ1) is 21.6. The Morgan fingerprint density at radius 1 is 0.633 bits per heavy atom. The molecule has 8 nitrogen and oxygen atoms in total. The van der Waals surface area contributed by atoms with Gasteiger partial charge in [0.25, 0.3) is 0 Å². The van der Waals surface area contributed by atoms with Gasteiger partial charge >= 0.3 is 16.8 Å². The Hall–Kier alpha value is -3.52. The molecule has 0 amide bonds. The fourth-order valence-electron chi connectivity index (χ4n) is 4.46. The van der Waals surface area contributed by atoms with Crippen LogP contribution >= 0.6 is 0 Å². The second-order valence-electron chi connectivity index (χ2n) is 15.9. The largest absolute Gasteiger partial charge is 2.00 e. The molecule has 0 saturated heterocycles. The van der Waals surface area contributed by atoms with E-state index >= 15 is 0 Å². The third kappa shape index (κ3) is 15.3. The summed E-state index contributed by atoms with van der Waals surface area (Å²) in [6.07, 6.45) is 3.52. The van der Waals surface area contributed by atoms with Gasteiger partial charge in [-0.05, 0) is 54.0 Å². The maximum Gasteiger partial charge on any atom is 2.00 e. The van der Waals surface area contributed by atoms with E-state index in [2.05, 4.69) is 105 Å². The summed E-state index contributed by atoms with van der Waals surface area (Å²) < 4.78 is 0. The molecule has 0 bridgehead atoms. The van der Waals surface area contributed by atoms with Gasteiger partial charge in [-0.3, -0.25) is 9.98 Å². The molecule has 0 aliphatic rings. The Balaban J connectivity index is 0.00000230. The molecule has 0 unspecified atom stereocenters. The number of aromatic hydroxyl groups is 2. The number of aliphatic imine (C=N–C) groups is 2. The Bertz CT molecular complexity index is 1530. The van der Waals surface area contributed by atoms with Gasteiger partial charge in [-0.2, -0.15) is 0 Å². The van der Waals surface area contributed by atoms with E-state index in [0.717, 1.165) is 47.5 Å². The van der Waals surface area contributed by atoms with Crippen LogP contribution in [0.25, 0.3) is 0 Å². The molecule has 0 fully saturated rings. The van der Waals surface area contributed by atoms with Gasteiger partial charge in [0.15, 0.2) is 0 Å². The van der Waals surface area contributed by atoms with Crippen molar-refractivity contribution in [1.82, 2.24) is 0 Å². The zero-order valence-electron chi connectivity index (χ0n) is 31.5. The van der Waals surface area contributed by atoms with E-state index in [1.807, 2.05) is 24.3 Å². The van der Waals surface area contributed by atoms with Gasteiger partial charge in [-0.1, -0.05) is 122 Å². The molecule has 2 N–H and O–H groups in total. The van der Waals surface area contributed by atoms with E-state index in [1.54, 1.807) is 12.4 Å². The molecule has 0 saturated carbocycles. The van der Waals surface area contributed by atoms with Crippen LogP contribution in [0.2, 0.25) is 39.3 Å². The van der Waals surface area contributed by atoms with E-state index in [0.29, 0.717) is 11.5 Å². The van der Waals surface area contributed by atoms with Gasteiger partial charge < -0.3 is 30.0 Å². The molecule has 0 spiro atoms. The maximum atomic E-state index is 11.1. The number of hydrogen-bond donors (Lipinski definition) is 2. The number of rotatable bonds is 6. The van der Waals surface area contributed by atoms with Crippen molar-refractivity contribution in [2.45, 2.75) is 106 Å². The van der Waals surface area contributed by atoms with Crippen molar-refractivity contribution in [3.8, 4) is 11.5 Å². The monoisotopic (exact) mass is 749 g/mol. The van der Waals surface area contributed by atoms with Crippen LogP contribution in [-0.4, -0.2) is 50.7 Å². The zero-order chi connectivity index (χ0) is 37.4. The van der Waals surface area contributed by atoms with Crippen LogP contribution in [0.4, 0.5) is 11.4 Å². The van der Waals surface area contributed by atoms with E-state index < -0.39 is 28.1 Å². The number of phenols is 2. The Morgan fingerprint density at radius 3 is 1.16 bits per heavy atom. The molecule has 0 heterocycles. The number of carbonyl (C=O) groups is 2. The molecule has 3 aromatic rings. The van der Waals surface area contributed by atoms with Gasteiger partial charge in [0.2, 0.25) is 0 Å². The first-order valence-electron chi connectivity index (χ1n) is 15.9. The smallest absolute Gasteiger partial charge is 0.550 e. The predicted octanol–water partition coefficient (Wildman–Crippen LogP) is 5.79. The van der Waals surface area contributed by atoms with E-state index in [-0.39, 0.29) is 27.6 Å². The van der Waals surface area contributed by atoms with Crippen molar-refractivity contribution in [2.24, 2.45) is 9.98 Å². The molecule has 0 atom stereocenters. The van der Waals surface area contributed by atoms with Crippen LogP contribution < -0.4 is 20.6 Å². The summed E-state index contributed by atoms with van der Waals surface area (Å²) in [5.74, 6) is -1.58. The van der Waals surface area contributed by atoms with Gasteiger partial charge in [-0.15, -0.1) is 0 Å². The minimum atomic E-state index is -1.60. The molecule has 0 aromatic heterocycles. The van der Waals surface area contributed by atoms with Gasteiger partial charge in [0.05, 0.1) is 27.5 Å². The average Bonchev–Trinajstić information content (AvgIpc) is 2.89. The fraction of sp³-hybridized carbons (Fsp3) is 0.421. The standard InChI is InChI=1S/C34H48N2O2Si2.2C2H4O2.Co/c1-33(2,3)29-19-27(39(7,8)9)16-23(31(29)37)21-35-25-14-13-15-26(18-25)36-22-24-17-28(40(10,11)12)20-30(32(24)38)34(4,5)6;2*1-2(3)4;/h13-22,37-38H,1-12H3;2*1H3,(H,3,4);/q;;;+2/p-2. The first-order valence-corrected chi connectivity index (χ1v) is 22.9. The van der Waals surface area contributed by atoms with Crippen molar-refractivity contribution in [1.29, 1.82) is 0 Å². The summed E-state index contributed by atoms with van der Waals surface area (Å²) >= 11 is 0. The second kappa shape index (κ2) is 17.9. The molecule has 0 aliphatic carbocycles. The van der Waals surface area contributed by atoms with E-state index in [1.165, 1.54) is 10.4 Å². The Labute approximate surface area is 305 Å². The van der Waals surface area contributed by atoms with Crippen molar-refractivity contribution >= 4 is 62.3 Å². The molecule has 3 rings (SSSR count). The molecule has 49 heavy (non-hydrogen) atoms. The second-order valence-corrected chi connectivity index (χ2v) is 26.1. The third-order valence-corrected chi connectivity index (χ3v) is 11.2. The van der Waals surface area contributed by atoms with Crippen LogP contribution in [0.15, 0.2) is 58.5 Å². The number of carboxylic acid groups (broad SMARTS) is 2. The van der Waals surface area contributed by atoms with Crippen molar-refractivity contribution in [2.75, 3.05) is 0 Å². The van der Waals surface area contributed by atoms with E-state index in [4.69, 9.17) is 29.8 Å². The summed E-state index contributed by atoms with van der Waals surface area (Å²) in [6.45, 7) is 28.6. The minimum Gasteiger partial charge on any atom is -0.550 e. The minimum absolute atomic E-state index is 0. The average molecular weight is 750 g/mol. The summed E-state index contributed by atoms with van der Waals surface area (Å²) in [5, 5.41) is 42.6. The first kappa shape index (κ1) is 45.5. The third-order valence-electron chi connectivity index (χ3n) is 7.16. The van der Waals surface area contributed by atoms with Crippen LogP contribution in [0, 0.1) is 0 Å². The Morgan fingerprint density at radius 2 is 0.918 bits per heavy atom. The summed E-state index contributed by atoms with van der Waals surface area (Å²) in [5.41, 5.74) is 4.51. The van der Waals surface area contributed by atoms with Crippen molar-refractivity contribution in [3.63, 3.8) is 0 Å². The fourth-order valence-corrected chi connectivity index (χ4v) is 6.79. The van der Waals surface area contributed by atoms with E-state index in [9.17, 15) is 10.2 Å². The quantitative estimate of drug-likeness (QED) is 0.241.